The van der Waals surface area contributed by atoms with Gasteiger partial charge in [-0.2, -0.15) is 0 Å². The maximum atomic E-state index is 11.8. The Bertz CT molecular complexity index is 828. The number of aromatic nitrogens is 1. The minimum absolute atomic E-state index is 0.291. The minimum atomic E-state index is -0.291. The van der Waals surface area contributed by atoms with Crippen LogP contribution in [0, 0.1) is 0 Å². The molecule has 0 amide bonds. The molecular formula is C22H25N3O2. The van der Waals surface area contributed by atoms with Gasteiger partial charge in [-0.25, -0.2) is 4.79 Å². The number of carbonyl (C=O) groups is 1. The summed E-state index contributed by atoms with van der Waals surface area (Å²) in [6.07, 6.45) is 5.75. The van der Waals surface area contributed by atoms with E-state index in [1.165, 1.54) is 0 Å². The van der Waals surface area contributed by atoms with Crippen molar-refractivity contribution in [2.75, 3.05) is 31.1 Å². The molecule has 0 spiro atoms. The van der Waals surface area contributed by atoms with Crippen molar-refractivity contribution in [1.82, 2.24) is 9.88 Å². The molecule has 0 N–H and O–H groups in total. The third-order valence-electron chi connectivity index (χ3n) is 4.62. The summed E-state index contributed by atoms with van der Waals surface area (Å²) in [5.41, 5.74) is 4.87. The number of pyridine rings is 1. The van der Waals surface area contributed by atoms with Gasteiger partial charge in [0.25, 0.3) is 0 Å². The summed E-state index contributed by atoms with van der Waals surface area (Å²) < 4.78 is 5.05. The van der Waals surface area contributed by atoms with Crippen LogP contribution in [0.4, 0.5) is 5.69 Å². The molecule has 3 rings (SSSR count). The van der Waals surface area contributed by atoms with E-state index in [2.05, 4.69) is 33.5 Å². The lowest BCUT2D eigenvalue weighted by atomic mass is 10.1. The predicted molar refractivity (Wildman–Crippen MR) is 108 cm³/mol. The molecule has 1 saturated heterocycles. The molecule has 0 radical (unpaired) electrons. The van der Waals surface area contributed by atoms with E-state index in [-0.39, 0.29) is 5.97 Å². The quantitative estimate of drug-likeness (QED) is 0.753. The molecule has 0 aliphatic carbocycles. The number of nitrogens with zero attached hydrogens (tertiary/aromatic N) is 3. The summed E-state index contributed by atoms with van der Waals surface area (Å²) in [4.78, 5) is 20.6. The van der Waals surface area contributed by atoms with Crippen LogP contribution in [0.3, 0.4) is 0 Å². The number of allylic oxidation sites excluding steroid dienone is 1. The Labute approximate surface area is 160 Å². The summed E-state index contributed by atoms with van der Waals surface area (Å²) in [6, 6.07) is 11.6. The zero-order chi connectivity index (χ0) is 19.2. The molecule has 5 heteroatoms. The van der Waals surface area contributed by atoms with Crippen molar-refractivity contribution in [3.8, 4) is 0 Å². The molecular weight excluding hydrogens is 338 g/mol. The first-order chi connectivity index (χ1) is 13.1. The fourth-order valence-electron chi connectivity index (χ4n) is 3.29. The van der Waals surface area contributed by atoms with Crippen LogP contribution in [-0.2, 0) is 4.74 Å². The Balaban J connectivity index is 1.73. The number of esters is 1. The third kappa shape index (κ3) is 4.19. The second-order valence-electron chi connectivity index (χ2n) is 6.32. The summed E-state index contributed by atoms with van der Waals surface area (Å²) in [5, 5.41) is 0. The van der Waals surface area contributed by atoms with E-state index in [9.17, 15) is 4.79 Å². The maximum absolute atomic E-state index is 11.8. The Kier molecular flexibility index (Phi) is 5.91. The highest BCUT2D eigenvalue weighted by atomic mass is 16.5. The Morgan fingerprint density at radius 3 is 2.56 bits per heavy atom. The van der Waals surface area contributed by atoms with Gasteiger partial charge in [-0.15, -0.1) is 0 Å². The summed E-state index contributed by atoms with van der Waals surface area (Å²) in [5.74, 6) is -0.291. The maximum Gasteiger partial charge on any atom is 0.338 e. The largest absolute Gasteiger partial charge is 0.462 e. The summed E-state index contributed by atoms with van der Waals surface area (Å²) >= 11 is 0. The molecule has 1 aliphatic rings. The lowest BCUT2D eigenvalue weighted by molar-refractivity contribution is 0.0526. The highest BCUT2D eigenvalue weighted by Crippen LogP contribution is 2.28. The van der Waals surface area contributed by atoms with Crippen LogP contribution in [0.2, 0.25) is 0 Å². The summed E-state index contributed by atoms with van der Waals surface area (Å²) in [7, 11) is 0. The van der Waals surface area contributed by atoms with E-state index in [1.54, 1.807) is 13.1 Å². The van der Waals surface area contributed by atoms with Crippen LogP contribution in [0.15, 0.2) is 67.1 Å². The zero-order valence-corrected chi connectivity index (χ0v) is 15.9. The van der Waals surface area contributed by atoms with Crippen LogP contribution in [0.1, 0.15) is 29.8 Å². The average molecular weight is 363 g/mol. The number of anilines is 1. The standard InChI is InChI=1S/C22H25N3O2/c1-4-21(18-8-10-19(11-9-18)22(26)27-5-2)25-14-13-24(16-17(25)3)20-7-6-12-23-15-20/h4,6-12,15H,3,5,13-14,16H2,1-2H3/b21-4-. The third-order valence-corrected chi connectivity index (χ3v) is 4.62. The number of hydrogen-bond donors (Lipinski definition) is 0. The van der Waals surface area contributed by atoms with Crippen LogP contribution >= 0.6 is 0 Å². The fourth-order valence-corrected chi connectivity index (χ4v) is 3.29. The number of benzene rings is 1. The van der Waals surface area contributed by atoms with Crippen molar-refractivity contribution in [3.05, 3.63) is 78.3 Å². The molecule has 1 fully saturated rings. The van der Waals surface area contributed by atoms with Gasteiger partial charge in [0, 0.05) is 30.7 Å². The number of hydrogen-bond acceptors (Lipinski definition) is 5. The van der Waals surface area contributed by atoms with E-state index in [0.29, 0.717) is 12.2 Å². The Morgan fingerprint density at radius 1 is 1.22 bits per heavy atom. The SMILES string of the molecule is C=C1CN(c2cccnc2)CCN1/C(=C\C)c1ccc(C(=O)OCC)cc1. The molecule has 0 saturated carbocycles. The number of ether oxygens (including phenoxy) is 1. The molecule has 0 unspecified atom stereocenters. The Morgan fingerprint density at radius 2 is 1.96 bits per heavy atom. The predicted octanol–water partition coefficient (Wildman–Crippen LogP) is 3.96. The van der Waals surface area contributed by atoms with Crippen molar-refractivity contribution >= 4 is 17.4 Å². The summed E-state index contributed by atoms with van der Waals surface area (Å²) in [6.45, 7) is 11.0. The molecule has 27 heavy (non-hydrogen) atoms. The van der Waals surface area contributed by atoms with Gasteiger partial charge in [0.1, 0.15) is 0 Å². The molecule has 2 aromatic rings. The van der Waals surface area contributed by atoms with Crippen molar-refractivity contribution in [3.63, 3.8) is 0 Å². The van der Waals surface area contributed by atoms with Crippen LogP contribution in [0.25, 0.3) is 5.70 Å². The molecule has 1 aromatic heterocycles. The van der Waals surface area contributed by atoms with Crippen molar-refractivity contribution in [2.24, 2.45) is 0 Å². The topological polar surface area (TPSA) is 45.7 Å². The number of piperazine rings is 1. The molecule has 1 aromatic carbocycles. The van der Waals surface area contributed by atoms with E-state index in [4.69, 9.17) is 4.74 Å². The number of rotatable bonds is 5. The fraction of sp³-hybridized carbons (Fsp3) is 0.273. The molecule has 0 bridgehead atoms. The van der Waals surface area contributed by atoms with E-state index < -0.39 is 0 Å². The first kappa shape index (κ1) is 18.7. The molecule has 5 nitrogen and oxygen atoms in total. The smallest absolute Gasteiger partial charge is 0.338 e. The first-order valence-electron chi connectivity index (χ1n) is 9.18. The molecule has 2 heterocycles. The van der Waals surface area contributed by atoms with Gasteiger partial charge < -0.3 is 14.5 Å². The van der Waals surface area contributed by atoms with Gasteiger partial charge in [0.15, 0.2) is 0 Å². The molecule has 1 aliphatic heterocycles. The number of carbonyl (C=O) groups excluding carboxylic acids is 1. The van der Waals surface area contributed by atoms with Gasteiger partial charge in [-0.05, 0) is 43.7 Å². The van der Waals surface area contributed by atoms with E-state index in [1.807, 2.05) is 43.5 Å². The van der Waals surface area contributed by atoms with Crippen LogP contribution in [-0.4, -0.2) is 42.1 Å². The van der Waals surface area contributed by atoms with Gasteiger partial charge >= 0.3 is 5.97 Å². The molecule has 140 valence electrons. The van der Waals surface area contributed by atoms with Gasteiger partial charge in [-0.3, -0.25) is 4.98 Å². The van der Waals surface area contributed by atoms with E-state index in [0.717, 1.165) is 42.3 Å². The highest BCUT2D eigenvalue weighted by Gasteiger charge is 2.23. The van der Waals surface area contributed by atoms with Crippen LogP contribution in [0.5, 0.6) is 0 Å². The lowest BCUT2D eigenvalue weighted by Gasteiger charge is -2.40. The lowest BCUT2D eigenvalue weighted by Crippen LogP contribution is -2.43. The normalized spacial score (nSPS) is 15.0. The molecule has 0 atom stereocenters. The van der Waals surface area contributed by atoms with Crippen molar-refractivity contribution in [2.45, 2.75) is 13.8 Å². The first-order valence-corrected chi connectivity index (χ1v) is 9.18. The van der Waals surface area contributed by atoms with Crippen molar-refractivity contribution < 1.29 is 9.53 Å². The van der Waals surface area contributed by atoms with Gasteiger partial charge in [0.2, 0.25) is 0 Å². The monoisotopic (exact) mass is 363 g/mol. The minimum Gasteiger partial charge on any atom is -0.462 e. The Hall–Kier alpha value is -3.08. The second-order valence-corrected chi connectivity index (χ2v) is 6.32. The highest BCUT2D eigenvalue weighted by molar-refractivity contribution is 5.89. The van der Waals surface area contributed by atoms with E-state index >= 15 is 0 Å². The van der Waals surface area contributed by atoms with Crippen molar-refractivity contribution in [1.29, 1.82) is 0 Å². The van der Waals surface area contributed by atoms with Crippen LogP contribution < -0.4 is 4.90 Å². The van der Waals surface area contributed by atoms with Gasteiger partial charge in [0.05, 0.1) is 30.6 Å². The average Bonchev–Trinajstić information content (AvgIpc) is 2.71. The zero-order valence-electron chi connectivity index (χ0n) is 15.9. The second kappa shape index (κ2) is 8.54. The van der Waals surface area contributed by atoms with Gasteiger partial charge in [-0.1, -0.05) is 24.8 Å².